The second kappa shape index (κ2) is 5.03. The lowest BCUT2D eigenvalue weighted by molar-refractivity contribution is -0.116. The van der Waals surface area contributed by atoms with Crippen molar-refractivity contribution < 1.29 is 9.90 Å². The van der Waals surface area contributed by atoms with Crippen LogP contribution in [-0.2, 0) is 11.2 Å². The molecule has 0 bridgehead atoms. The predicted octanol–water partition coefficient (Wildman–Crippen LogP) is 1.35. The molecule has 0 radical (unpaired) electrons. The third kappa shape index (κ3) is 2.27. The van der Waals surface area contributed by atoms with Gasteiger partial charge in [-0.3, -0.25) is 4.79 Å². The average molecular weight is 248 g/mol. The molecule has 2 rings (SSSR count). The summed E-state index contributed by atoms with van der Waals surface area (Å²) in [6.07, 6.45) is 4.43. The van der Waals surface area contributed by atoms with Crippen molar-refractivity contribution in [2.24, 2.45) is 5.10 Å². The topological polar surface area (TPSA) is 90.4 Å². The Labute approximate surface area is 105 Å². The Morgan fingerprint density at radius 3 is 2.83 bits per heavy atom. The van der Waals surface area contributed by atoms with E-state index in [4.69, 9.17) is 0 Å². The molecule has 1 aromatic heterocycles. The van der Waals surface area contributed by atoms with E-state index in [1.165, 1.54) is 0 Å². The van der Waals surface area contributed by atoms with Gasteiger partial charge in [0.25, 0.3) is 5.91 Å². The molecule has 0 unspecified atom stereocenters. The van der Waals surface area contributed by atoms with Crippen molar-refractivity contribution in [3.63, 3.8) is 0 Å². The van der Waals surface area contributed by atoms with Crippen LogP contribution in [0.25, 0.3) is 6.08 Å². The molecular weight excluding hydrogens is 232 g/mol. The highest BCUT2D eigenvalue weighted by molar-refractivity contribution is 6.26. The number of nitrogens with one attached hydrogen (secondary N) is 2. The van der Waals surface area contributed by atoms with Crippen LogP contribution >= 0.6 is 0 Å². The number of hydrazone groups is 1. The number of nitrogens with zero attached hydrogens (tertiary/aromatic N) is 2. The molecule has 0 aliphatic carbocycles. The Kier molecular flexibility index (Phi) is 3.45. The number of carbonyl (C=O) groups is 1. The monoisotopic (exact) mass is 248 g/mol. The summed E-state index contributed by atoms with van der Waals surface area (Å²) in [6, 6.07) is 0. The highest BCUT2D eigenvalue weighted by Crippen LogP contribution is 2.23. The van der Waals surface area contributed by atoms with E-state index >= 15 is 0 Å². The molecule has 18 heavy (non-hydrogen) atoms. The molecule has 96 valence electrons. The van der Waals surface area contributed by atoms with Gasteiger partial charge >= 0.3 is 0 Å². The highest BCUT2D eigenvalue weighted by atomic mass is 16.3. The van der Waals surface area contributed by atoms with Crippen LogP contribution in [0.5, 0.6) is 5.88 Å². The van der Waals surface area contributed by atoms with Gasteiger partial charge in [0.15, 0.2) is 0 Å². The SMILES string of the molecule is CCCCc1n[nH]c(O)c1C=C1C(=O)NN=C1C. The molecule has 0 saturated carbocycles. The Morgan fingerprint density at radius 2 is 2.22 bits per heavy atom. The van der Waals surface area contributed by atoms with Crippen LogP contribution in [0, 0.1) is 0 Å². The summed E-state index contributed by atoms with van der Waals surface area (Å²) >= 11 is 0. The van der Waals surface area contributed by atoms with Crippen LogP contribution in [0.3, 0.4) is 0 Å². The zero-order valence-corrected chi connectivity index (χ0v) is 10.4. The molecule has 0 aromatic carbocycles. The van der Waals surface area contributed by atoms with E-state index in [9.17, 15) is 9.90 Å². The van der Waals surface area contributed by atoms with Crippen molar-refractivity contribution in [1.82, 2.24) is 15.6 Å². The van der Waals surface area contributed by atoms with Gasteiger partial charge in [-0.15, -0.1) is 0 Å². The minimum Gasteiger partial charge on any atom is -0.493 e. The van der Waals surface area contributed by atoms with Gasteiger partial charge in [-0.1, -0.05) is 13.3 Å². The van der Waals surface area contributed by atoms with Gasteiger partial charge in [0, 0.05) is 0 Å². The lowest BCUT2D eigenvalue weighted by Crippen LogP contribution is -2.12. The molecule has 2 heterocycles. The standard InChI is InChI=1S/C12H16N4O2/c1-3-4-5-10-9(12(18)16-14-10)6-8-7(2)13-15-11(8)17/h6H,3-5H2,1-2H3,(H,15,17)(H2,14,16,18). The first-order valence-electron chi connectivity index (χ1n) is 5.96. The lowest BCUT2D eigenvalue weighted by atomic mass is 10.1. The summed E-state index contributed by atoms with van der Waals surface area (Å²) in [7, 11) is 0. The van der Waals surface area contributed by atoms with Crippen molar-refractivity contribution in [3.05, 3.63) is 16.8 Å². The van der Waals surface area contributed by atoms with E-state index in [1.807, 2.05) is 0 Å². The Hall–Kier alpha value is -2.11. The lowest BCUT2D eigenvalue weighted by Gasteiger charge is -1.99. The number of amides is 1. The number of hydrogen-bond acceptors (Lipinski definition) is 4. The molecule has 0 atom stereocenters. The second-order valence-corrected chi connectivity index (χ2v) is 4.23. The summed E-state index contributed by atoms with van der Waals surface area (Å²) < 4.78 is 0. The molecule has 1 aliphatic rings. The average Bonchev–Trinajstić information content (AvgIpc) is 2.85. The molecule has 3 N–H and O–H groups in total. The maximum atomic E-state index is 11.5. The summed E-state index contributed by atoms with van der Waals surface area (Å²) in [5, 5.41) is 20.2. The zero-order chi connectivity index (χ0) is 13.1. The Morgan fingerprint density at radius 1 is 1.44 bits per heavy atom. The van der Waals surface area contributed by atoms with Gasteiger partial charge in [0.1, 0.15) is 0 Å². The summed E-state index contributed by atoms with van der Waals surface area (Å²) in [5.74, 6) is -0.268. The van der Waals surface area contributed by atoms with Gasteiger partial charge < -0.3 is 5.11 Å². The van der Waals surface area contributed by atoms with Crippen LogP contribution in [-0.4, -0.2) is 26.9 Å². The van der Waals surface area contributed by atoms with Crippen molar-refractivity contribution >= 4 is 17.7 Å². The van der Waals surface area contributed by atoms with Gasteiger partial charge in [0.05, 0.1) is 22.5 Å². The molecule has 0 fully saturated rings. The Balaban J connectivity index is 2.33. The maximum Gasteiger partial charge on any atom is 0.273 e. The van der Waals surface area contributed by atoms with Crippen molar-refractivity contribution in [1.29, 1.82) is 0 Å². The number of aromatic hydroxyl groups is 1. The summed E-state index contributed by atoms with van der Waals surface area (Å²) in [5.41, 5.74) is 4.80. The molecule has 0 spiro atoms. The predicted molar refractivity (Wildman–Crippen MR) is 68.1 cm³/mol. The zero-order valence-electron chi connectivity index (χ0n) is 10.4. The highest BCUT2D eigenvalue weighted by Gasteiger charge is 2.21. The molecule has 6 nitrogen and oxygen atoms in total. The van der Waals surface area contributed by atoms with Gasteiger partial charge in [-0.05, 0) is 25.8 Å². The first kappa shape index (κ1) is 12.3. The quantitative estimate of drug-likeness (QED) is 0.702. The van der Waals surface area contributed by atoms with Crippen molar-refractivity contribution in [2.75, 3.05) is 0 Å². The molecule has 1 aliphatic heterocycles. The normalized spacial score (nSPS) is 17.1. The fourth-order valence-electron chi connectivity index (χ4n) is 1.80. The number of carbonyl (C=O) groups excluding carboxylic acids is 1. The minimum atomic E-state index is -0.255. The van der Waals surface area contributed by atoms with Crippen LogP contribution in [0.4, 0.5) is 0 Å². The number of unbranched alkanes of at least 4 members (excludes halogenated alkanes) is 1. The number of aromatic amines is 1. The molecule has 1 amide bonds. The molecule has 0 saturated heterocycles. The smallest absolute Gasteiger partial charge is 0.273 e. The number of hydrogen-bond donors (Lipinski definition) is 3. The van der Waals surface area contributed by atoms with Gasteiger partial charge in [-0.25, -0.2) is 10.5 Å². The van der Waals surface area contributed by atoms with E-state index in [-0.39, 0.29) is 11.8 Å². The van der Waals surface area contributed by atoms with Crippen molar-refractivity contribution in [2.45, 2.75) is 33.1 Å². The molecule has 6 heteroatoms. The van der Waals surface area contributed by atoms with E-state index in [0.717, 1.165) is 25.0 Å². The van der Waals surface area contributed by atoms with Gasteiger partial charge in [-0.2, -0.15) is 10.2 Å². The molecular formula is C12H16N4O2. The number of aromatic nitrogens is 2. The van der Waals surface area contributed by atoms with E-state index in [0.29, 0.717) is 16.8 Å². The van der Waals surface area contributed by atoms with Crippen LogP contribution < -0.4 is 5.43 Å². The fraction of sp³-hybridized carbons (Fsp3) is 0.417. The first-order valence-corrected chi connectivity index (χ1v) is 5.96. The third-order valence-electron chi connectivity index (χ3n) is 2.88. The first-order chi connectivity index (χ1) is 8.63. The second-order valence-electron chi connectivity index (χ2n) is 4.23. The van der Waals surface area contributed by atoms with Gasteiger partial charge in [0.2, 0.25) is 5.88 Å². The van der Waals surface area contributed by atoms with Crippen LogP contribution in [0.2, 0.25) is 0 Å². The number of rotatable bonds is 4. The minimum absolute atomic E-state index is 0.0129. The van der Waals surface area contributed by atoms with Crippen molar-refractivity contribution in [3.8, 4) is 5.88 Å². The van der Waals surface area contributed by atoms with Crippen LogP contribution in [0.1, 0.15) is 37.9 Å². The largest absolute Gasteiger partial charge is 0.493 e. The fourth-order valence-corrected chi connectivity index (χ4v) is 1.80. The Bertz CT molecular complexity index is 528. The van der Waals surface area contributed by atoms with E-state index in [1.54, 1.807) is 13.0 Å². The van der Waals surface area contributed by atoms with Crippen LogP contribution in [0.15, 0.2) is 10.7 Å². The van der Waals surface area contributed by atoms with E-state index < -0.39 is 0 Å². The third-order valence-corrected chi connectivity index (χ3v) is 2.88. The molecule has 1 aromatic rings. The summed E-state index contributed by atoms with van der Waals surface area (Å²) in [6.45, 7) is 3.83. The number of H-pyrrole nitrogens is 1. The number of aryl methyl sites for hydroxylation is 1. The summed E-state index contributed by atoms with van der Waals surface area (Å²) in [4.78, 5) is 11.5. The maximum absolute atomic E-state index is 11.5. The van der Waals surface area contributed by atoms with E-state index in [2.05, 4.69) is 27.6 Å².